The summed E-state index contributed by atoms with van der Waals surface area (Å²) in [6.07, 6.45) is -0.815. The van der Waals surface area contributed by atoms with Gasteiger partial charge in [-0.1, -0.05) is 47.6 Å². The van der Waals surface area contributed by atoms with E-state index < -0.39 is 35.5 Å². The Balaban J connectivity index is 1.29. The number of nitrogens with zero attached hydrogens (tertiary/aromatic N) is 1. The number of hydrogen-bond acceptors (Lipinski definition) is 8. The second-order valence-electron chi connectivity index (χ2n) is 9.43. The van der Waals surface area contributed by atoms with E-state index in [1.807, 2.05) is 30.3 Å². The fraction of sp³-hybridized carbons (Fsp3) is 0.370. The van der Waals surface area contributed by atoms with Crippen molar-refractivity contribution in [3.05, 3.63) is 71.8 Å². The van der Waals surface area contributed by atoms with Gasteiger partial charge in [-0.3, -0.25) is 10.1 Å². The lowest BCUT2D eigenvalue weighted by atomic mass is 10.1. The highest BCUT2D eigenvalue weighted by molar-refractivity contribution is 5.84. The molecule has 39 heavy (non-hydrogen) atoms. The Hall–Kier alpha value is -3.87. The number of ether oxygens (including phenoxy) is 3. The lowest BCUT2D eigenvalue weighted by Gasteiger charge is -2.22. The maximum absolute atomic E-state index is 13.8. The van der Waals surface area contributed by atoms with Crippen LogP contribution >= 0.6 is 0 Å². The number of anilines is 1. The number of nitrogens with one attached hydrogen (secondary N) is 3. The fourth-order valence-corrected chi connectivity index (χ4v) is 4.03. The van der Waals surface area contributed by atoms with E-state index >= 15 is 0 Å². The lowest BCUT2D eigenvalue weighted by Crippen LogP contribution is -2.45. The number of amides is 2. The summed E-state index contributed by atoms with van der Waals surface area (Å²) in [5.74, 6) is -2.48. The van der Waals surface area contributed by atoms with E-state index in [4.69, 9.17) is 18.7 Å². The SMILES string of the molecule is CC1(C)OC[C@@H](C[C@@H](COC(=O)Nc2cc(-c3ccccc3)on2)NC(=O)CNCc2cccc(F)c2F)O1. The van der Waals surface area contributed by atoms with Crippen LogP contribution in [0.5, 0.6) is 0 Å². The van der Waals surface area contributed by atoms with Crippen molar-refractivity contribution < 1.29 is 37.1 Å². The minimum atomic E-state index is -0.966. The number of hydrogen-bond donors (Lipinski definition) is 3. The van der Waals surface area contributed by atoms with Gasteiger partial charge in [-0.25, -0.2) is 13.6 Å². The molecule has 0 unspecified atom stereocenters. The number of benzene rings is 2. The molecule has 2 heterocycles. The zero-order valence-corrected chi connectivity index (χ0v) is 21.5. The largest absolute Gasteiger partial charge is 0.447 e. The quantitative estimate of drug-likeness (QED) is 0.331. The molecule has 1 fully saturated rings. The molecule has 1 aromatic heterocycles. The Bertz CT molecular complexity index is 1270. The Morgan fingerprint density at radius 2 is 1.95 bits per heavy atom. The zero-order chi connectivity index (χ0) is 27.8. The van der Waals surface area contributed by atoms with E-state index in [1.165, 1.54) is 12.1 Å². The van der Waals surface area contributed by atoms with Gasteiger partial charge < -0.3 is 29.4 Å². The summed E-state index contributed by atoms with van der Waals surface area (Å²) in [5.41, 5.74) is 0.894. The molecule has 0 aliphatic carbocycles. The van der Waals surface area contributed by atoms with Crippen molar-refractivity contribution in [2.24, 2.45) is 0 Å². The normalized spacial score (nSPS) is 17.0. The Kier molecular flexibility index (Phi) is 9.23. The average molecular weight is 545 g/mol. The lowest BCUT2D eigenvalue weighted by molar-refractivity contribution is -0.140. The van der Waals surface area contributed by atoms with E-state index in [9.17, 15) is 18.4 Å². The minimum absolute atomic E-state index is 0.0446. The minimum Gasteiger partial charge on any atom is -0.447 e. The van der Waals surface area contributed by atoms with E-state index in [0.717, 1.165) is 11.6 Å². The van der Waals surface area contributed by atoms with Crippen molar-refractivity contribution in [2.45, 2.75) is 44.7 Å². The Morgan fingerprint density at radius 1 is 1.15 bits per heavy atom. The molecule has 1 saturated heterocycles. The van der Waals surface area contributed by atoms with Gasteiger partial charge in [0.25, 0.3) is 0 Å². The first-order valence-electron chi connectivity index (χ1n) is 12.4. The predicted octanol–water partition coefficient (Wildman–Crippen LogP) is 3.98. The molecule has 0 saturated carbocycles. The van der Waals surface area contributed by atoms with Crippen LogP contribution in [0.3, 0.4) is 0 Å². The van der Waals surface area contributed by atoms with Gasteiger partial charge >= 0.3 is 6.09 Å². The third kappa shape index (κ3) is 8.31. The van der Waals surface area contributed by atoms with Crippen LogP contribution in [-0.2, 0) is 25.5 Å². The van der Waals surface area contributed by atoms with Crippen LogP contribution in [0.1, 0.15) is 25.8 Å². The van der Waals surface area contributed by atoms with Crippen LogP contribution in [0.4, 0.5) is 19.4 Å². The molecule has 2 atom stereocenters. The Labute approximate surface area is 224 Å². The number of carbonyl (C=O) groups excluding carboxylic acids is 2. The van der Waals surface area contributed by atoms with Crippen LogP contribution in [0.25, 0.3) is 11.3 Å². The molecule has 3 N–H and O–H groups in total. The van der Waals surface area contributed by atoms with Crippen LogP contribution in [0, 0.1) is 11.6 Å². The van der Waals surface area contributed by atoms with E-state index in [2.05, 4.69) is 21.1 Å². The smallest absolute Gasteiger partial charge is 0.412 e. The molecule has 12 heteroatoms. The van der Waals surface area contributed by atoms with Crippen molar-refractivity contribution in [3.63, 3.8) is 0 Å². The topological polar surface area (TPSA) is 124 Å². The highest BCUT2D eigenvalue weighted by atomic mass is 19.2. The summed E-state index contributed by atoms with van der Waals surface area (Å²) >= 11 is 0. The predicted molar refractivity (Wildman–Crippen MR) is 136 cm³/mol. The highest BCUT2D eigenvalue weighted by Gasteiger charge is 2.34. The van der Waals surface area contributed by atoms with Crippen LogP contribution in [-0.4, -0.2) is 54.8 Å². The van der Waals surface area contributed by atoms with E-state index in [-0.39, 0.29) is 37.2 Å². The van der Waals surface area contributed by atoms with Crippen molar-refractivity contribution >= 4 is 17.8 Å². The standard InChI is InChI=1S/C27H30F2N4O6/c1-27(2)37-16-20(38-27)11-19(31-24(34)14-30-13-18-9-6-10-21(28)25(18)29)15-36-26(35)32-23-12-22(39-33-23)17-7-4-3-5-8-17/h3-10,12,19-20,30H,11,13-16H2,1-2H3,(H,31,34)(H,32,33,35)/t19-,20+/m0/s1. The summed E-state index contributed by atoms with van der Waals surface area (Å²) in [7, 11) is 0. The summed E-state index contributed by atoms with van der Waals surface area (Å²) in [6, 6.07) is 14.0. The van der Waals surface area contributed by atoms with Crippen LogP contribution in [0.2, 0.25) is 0 Å². The van der Waals surface area contributed by atoms with Gasteiger partial charge in [0, 0.05) is 23.7 Å². The summed E-state index contributed by atoms with van der Waals surface area (Å²) in [6.45, 7) is 3.48. The molecule has 2 amide bonds. The van der Waals surface area contributed by atoms with Gasteiger partial charge in [0.2, 0.25) is 5.91 Å². The second-order valence-corrected chi connectivity index (χ2v) is 9.43. The molecule has 208 valence electrons. The van der Waals surface area contributed by atoms with Crippen molar-refractivity contribution in [2.75, 3.05) is 25.1 Å². The average Bonchev–Trinajstić information content (AvgIpc) is 3.51. The molecular weight excluding hydrogens is 514 g/mol. The molecular formula is C27H30F2N4O6. The molecule has 10 nitrogen and oxygen atoms in total. The third-order valence-electron chi connectivity index (χ3n) is 5.83. The summed E-state index contributed by atoms with van der Waals surface area (Å²) in [4.78, 5) is 25.0. The molecule has 0 bridgehead atoms. The number of halogens is 2. The first kappa shape index (κ1) is 28.1. The molecule has 0 radical (unpaired) electrons. The molecule has 0 spiro atoms. The third-order valence-corrected chi connectivity index (χ3v) is 5.83. The first-order valence-corrected chi connectivity index (χ1v) is 12.4. The number of rotatable bonds is 11. The van der Waals surface area contributed by atoms with Crippen molar-refractivity contribution in [1.29, 1.82) is 0 Å². The molecule has 2 aromatic carbocycles. The van der Waals surface area contributed by atoms with Gasteiger partial charge in [-0.15, -0.1) is 0 Å². The van der Waals surface area contributed by atoms with Gasteiger partial charge in [0.05, 0.1) is 25.3 Å². The fourth-order valence-electron chi connectivity index (χ4n) is 4.03. The maximum atomic E-state index is 13.8. The molecule has 4 rings (SSSR count). The van der Waals surface area contributed by atoms with Gasteiger partial charge in [-0.05, 0) is 26.3 Å². The van der Waals surface area contributed by atoms with Gasteiger partial charge in [0.1, 0.15) is 6.61 Å². The number of aromatic nitrogens is 1. The summed E-state index contributed by atoms with van der Waals surface area (Å²) in [5, 5.41) is 11.9. The van der Waals surface area contributed by atoms with E-state index in [0.29, 0.717) is 18.8 Å². The zero-order valence-electron chi connectivity index (χ0n) is 21.5. The maximum Gasteiger partial charge on any atom is 0.412 e. The number of carbonyl (C=O) groups is 2. The summed E-state index contributed by atoms with van der Waals surface area (Å²) < 4.78 is 49.2. The van der Waals surface area contributed by atoms with Crippen LogP contribution < -0.4 is 16.0 Å². The molecule has 1 aliphatic rings. The molecule has 3 aromatic rings. The first-order chi connectivity index (χ1) is 18.7. The van der Waals surface area contributed by atoms with Crippen molar-refractivity contribution in [3.8, 4) is 11.3 Å². The highest BCUT2D eigenvalue weighted by Crippen LogP contribution is 2.25. The van der Waals surface area contributed by atoms with Gasteiger partial charge in [-0.2, -0.15) is 0 Å². The molecule has 1 aliphatic heterocycles. The van der Waals surface area contributed by atoms with Crippen LogP contribution in [0.15, 0.2) is 59.1 Å². The monoisotopic (exact) mass is 544 g/mol. The van der Waals surface area contributed by atoms with Crippen molar-refractivity contribution in [1.82, 2.24) is 15.8 Å². The second kappa shape index (κ2) is 12.8. The van der Waals surface area contributed by atoms with E-state index in [1.54, 1.807) is 19.9 Å². The Morgan fingerprint density at radius 3 is 2.69 bits per heavy atom. The van der Waals surface area contributed by atoms with Gasteiger partial charge in [0.15, 0.2) is 29.0 Å².